The van der Waals surface area contributed by atoms with Gasteiger partial charge in [0.1, 0.15) is 17.3 Å². The molecule has 1 heterocycles. The van der Waals surface area contributed by atoms with Gasteiger partial charge in [0.15, 0.2) is 0 Å². The third kappa shape index (κ3) is 2.42. The van der Waals surface area contributed by atoms with Crippen molar-refractivity contribution >= 4 is 33.3 Å². The number of nitrogens with zero attached hydrogens (tertiary/aromatic N) is 3. The molecule has 0 radical (unpaired) electrons. The molecule has 5 heteroatoms. The highest BCUT2D eigenvalue weighted by molar-refractivity contribution is 9.10. The van der Waals surface area contributed by atoms with Crippen molar-refractivity contribution in [3.63, 3.8) is 0 Å². The number of halogens is 2. The SMILES string of the molecule is CCCN(c1ncnc(Cl)c1Br)C1CC1. The summed E-state index contributed by atoms with van der Waals surface area (Å²) in [4.78, 5) is 10.6. The average Bonchev–Trinajstić information content (AvgIpc) is 3.03. The van der Waals surface area contributed by atoms with Gasteiger partial charge in [-0.15, -0.1) is 0 Å². The van der Waals surface area contributed by atoms with E-state index < -0.39 is 0 Å². The number of hydrogen-bond acceptors (Lipinski definition) is 3. The molecular weight excluding hydrogens is 277 g/mol. The largest absolute Gasteiger partial charge is 0.353 e. The molecule has 1 saturated carbocycles. The Bertz CT molecular complexity index is 355. The van der Waals surface area contributed by atoms with E-state index in [1.54, 1.807) is 0 Å². The first-order chi connectivity index (χ1) is 7.24. The third-order valence-corrected chi connectivity index (χ3v) is 3.70. The Morgan fingerprint density at radius 1 is 1.53 bits per heavy atom. The zero-order valence-electron chi connectivity index (χ0n) is 8.58. The van der Waals surface area contributed by atoms with Crippen LogP contribution >= 0.6 is 27.5 Å². The molecule has 0 unspecified atom stereocenters. The molecule has 0 N–H and O–H groups in total. The van der Waals surface area contributed by atoms with Crippen LogP contribution in [0.2, 0.25) is 5.15 Å². The van der Waals surface area contributed by atoms with E-state index in [1.807, 2.05) is 0 Å². The van der Waals surface area contributed by atoms with Crippen molar-refractivity contribution in [2.75, 3.05) is 11.4 Å². The summed E-state index contributed by atoms with van der Waals surface area (Å²) in [5.74, 6) is 0.930. The molecule has 1 aliphatic rings. The first-order valence-electron chi connectivity index (χ1n) is 5.16. The Morgan fingerprint density at radius 3 is 2.87 bits per heavy atom. The van der Waals surface area contributed by atoms with Crippen LogP contribution in [0.5, 0.6) is 0 Å². The first-order valence-corrected chi connectivity index (χ1v) is 6.33. The fourth-order valence-corrected chi connectivity index (χ4v) is 2.19. The van der Waals surface area contributed by atoms with E-state index in [9.17, 15) is 0 Å². The second kappa shape index (κ2) is 4.66. The lowest BCUT2D eigenvalue weighted by Crippen LogP contribution is -2.27. The normalized spacial score (nSPS) is 15.4. The molecule has 1 aromatic rings. The van der Waals surface area contributed by atoms with Gasteiger partial charge in [-0.2, -0.15) is 0 Å². The standard InChI is InChI=1S/C10H13BrClN3/c1-2-5-15(7-3-4-7)10-8(11)9(12)13-6-14-10/h6-7H,2-5H2,1H3. The van der Waals surface area contributed by atoms with E-state index in [4.69, 9.17) is 11.6 Å². The summed E-state index contributed by atoms with van der Waals surface area (Å²) < 4.78 is 0.812. The minimum Gasteiger partial charge on any atom is -0.353 e. The minimum atomic E-state index is 0.488. The van der Waals surface area contributed by atoms with Crippen LogP contribution < -0.4 is 4.90 Å². The zero-order chi connectivity index (χ0) is 10.8. The quantitative estimate of drug-likeness (QED) is 0.797. The predicted molar refractivity (Wildman–Crippen MR) is 65.4 cm³/mol. The summed E-state index contributed by atoms with van der Waals surface area (Å²) in [6.07, 6.45) is 5.15. The highest BCUT2D eigenvalue weighted by atomic mass is 79.9. The Balaban J connectivity index is 2.28. The van der Waals surface area contributed by atoms with Crippen molar-refractivity contribution in [1.82, 2.24) is 9.97 Å². The Kier molecular flexibility index (Phi) is 3.46. The van der Waals surface area contributed by atoms with E-state index in [0.717, 1.165) is 23.3 Å². The highest BCUT2D eigenvalue weighted by Crippen LogP contribution is 2.36. The Morgan fingerprint density at radius 2 is 2.27 bits per heavy atom. The van der Waals surface area contributed by atoms with Crippen LogP contribution in [0.15, 0.2) is 10.8 Å². The molecule has 1 aromatic heterocycles. The second-order valence-electron chi connectivity index (χ2n) is 3.73. The Labute approximate surface area is 103 Å². The molecule has 0 aromatic carbocycles. The van der Waals surface area contributed by atoms with Crippen LogP contribution in [0.3, 0.4) is 0 Å². The summed E-state index contributed by atoms with van der Waals surface area (Å²) >= 11 is 9.41. The molecule has 82 valence electrons. The van der Waals surface area contributed by atoms with Gasteiger partial charge >= 0.3 is 0 Å². The molecule has 2 rings (SSSR count). The first kappa shape index (κ1) is 11.1. The van der Waals surface area contributed by atoms with Gasteiger partial charge in [0.25, 0.3) is 0 Å². The molecule has 0 saturated heterocycles. The van der Waals surface area contributed by atoms with Crippen molar-refractivity contribution in [2.45, 2.75) is 32.2 Å². The molecule has 0 spiro atoms. The van der Waals surface area contributed by atoms with Crippen molar-refractivity contribution < 1.29 is 0 Å². The molecule has 0 atom stereocenters. The molecular formula is C10H13BrClN3. The Hall–Kier alpha value is -0.350. The summed E-state index contributed by atoms with van der Waals surface area (Å²) in [7, 11) is 0. The fourth-order valence-electron chi connectivity index (χ4n) is 1.63. The van der Waals surface area contributed by atoms with Gasteiger partial charge in [0, 0.05) is 12.6 Å². The lowest BCUT2D eigenvalue weighted by Gasteiger charge is -2.23. The van der Waals surface area contributed by atoms with Gasteiger partial charge < -0.3 is 4.90 Å². The molecule has 1 fully saturated rings. The van der Waals surface area contributed by atoms with E-state index >= 15 is 0 Å². The molecule has 15 heavy (non-hydrogen) atoms. The topological polar surface area (TPSA) is 29.0 Å². The van der Waals surface area contributed by atoms with Crippen LogP contribution in [-0.4, -0.2) is 22.6 Å². The van der Waals surface area contributed by atoms with Gasteiger partial charge in [0.05, 0.1) is 4.47 Å². The van der Waals surface area contributed by atoms with E-state index in [-0.39, 0.29) is 0 Å². The van der Waals surface area contributed by atoms with Crippen LogP contribution in [0.1, 0.15) is 26.2 Å². The minimum absolute atomic E-state index is 0.488. The molecule has 0 bridgehead atoms. The van der Waals surface area contributed by atoms with E-state index in [0.29, 0.717) is 11.2 Å². The van der Waals surface area contributed by atoms with Crippen LogP contribution in [0.4, 0.5) is 5.82 Å². The lowest BCUT2D eigenvalue weighted by atomic mass is 10.4. The third-order valence-electron chi connectivity index (χ3n) is 2.45. The molecule has 1 aliphatic carbocycles. The van der Waals surface area contributed by atoms with Gasteiger partial charge in [-0.1, -0.05) is 18.5 Å². The molecule has 0 aliphatic heterocycles. The maximum atomic E-state index is 5.96. The zero-order valence-corrected chi connectivity index (χ0v) is 10.9. The monoisotopic (exact) mass is 289 g/mol. The average molecular weight is 291 g/mol. The van der Waals surface area contributed by atoms with Crippen LogP contribution in [-0.2, 0) is 0 Å². The van der Waals surface area contributed by atoms with Crippen molar-refractivity contribution in [1.29, 1.82) is 0 Å². The van der Waals surface area contributed by atoms with E-state index in [2.05, 4.69) is 37.7 Å². The summed E-state index contributed by atoms with van der Waals surface area (Å²) in [5, 5.41) is 0.488. The fraction of sp³-hybridized carbons (Fsp3) is 0.600. The molecule has 3 nitrogen and oxygen atoms in total. The number of hydrogen-bond donors (Lipinski definition) is 0. The highest BCUT2D eigenvalue weighted by Gasteiger charge is 2.30. The maximum absolute atomic E-state index is 5.96. The van der Waals surface area contributed by atoms with Crippen LogP contribution in [0.25, 0.3) is 0 Å². The smallest absolute Gasteiger partial charge is 0.148 e. The van der Waals surface area contributed by atoms with Crippen molar-refractivity contribution in [3.8, 4) is 0 Å². The summed E-state index contributed by atoms with van der Waals surface area (Å²) in [6.45, 7) is 3.20. The van der Waals surface area contributed by atoms with Gasteiger partial charge in [-0.05, 0) is 35.2 Å². The van der Waals surface area contributed by atoms with Crippen molar-refractivity contribution in [2.24, 2.45) is 0 Å². The van der Waals surface area contributed by atoms with Gasteiger partial charge in [-0.25, -0.2) is 9.97 Å². The van der Waals surface area contributed by atoms with E-state index in [1.165, 1.54) is 19.2 Å². The second-order valence-corrected chi connectivity index (χ2v) is 4.88. The predicted octanol–water partition coefficient (Wildman–Crippen LogP) is 3.27. The van der Waals surface area contributed by atoms with Crippen molar-refractivity contribution in [3.05, 3.63) is 16.0 Å². The number of aromatic nitrogens is 2. The molecule has 0 amide bonds. The summed E-state index contributed by atoms with van der Waals surface area (Å²) in [6, 6.07) is 0.646. The summed E-state index contributed by atoms with van der Waals surface area (Å²) in [5.41, 5.74) is 0. The maximum Gasteiger partial charge on any atom is 0.148 e. The van der Waals surface area contributed by atoms with Crippen LogP contribution in [0, 0.1) is 0 Å². The van der Waals surface area contributed by atoms with Gasteiger partial charge in [0.2, 0.25) is 0 Å². The number of anilines is 1. The lowest BCUT2D eigenvalue weighted by molar-refractivity contribution is 0.746. The van der Waals surface area contributed by atoms with Gasteiger partial charge in [-0.3, -0.25) is 0 Å². The number of rotatable bonds is 4.